The molecule has 1 rings (SSSR count). The second kappa shape index (κ2) is 3.75. The third kappa shape index (κ3) is 1.98. The number of carbonyl (C=O) groups is 1. The van der Waals surface area contributed by atoms with Gasteiger partial charge >= 0.3 is 0 Å². The molecule has 70 valence electrons. The van der Waals surface area contributed by atoms with Crippen molar-refractivity contribution < 1.29 is 9.18 Å². The molecule has 4 heteroatoms. The minimum absolute atomic E-state index is 0.160. The summed E-state index contributed by atoms with van der Waals surface area (Å²) in [6.45, 7) is 1.59. The van der Waals surface area contributed by atoms with E-state index in [2.05, 4.69) is 5.32 Å². The summed E-state index contributed by atoms with van der Waals surface area (Å²) in [4.78, 5) is 11.1. The number of benzene rings is 1. The van der Waals surface area contributed by atoms with Gasteiger partial charge in [-0.2, -0.15) is 0 Å². The maximum Gasteiger partial charge on any atom is 0.252 e. The third-order valence-electron chi connectivity index (χ3n) is 1.72. The number of nitrogens with one attached hydrogen (secondary N) is 1. The van der Waals surface area contributed by atoms with Crippen LogP contribution in [-0.2, 0) is 0 Å². The third-order valence-corrected chi connectivity index (χ3v) is 2.03. The van der Waals surface area contributed by atoms with Crippen LogP contribution in [0.25, 0.3) is 0 Å². The fourth-order valence-corrected chi connectivity index (χ4v) is 1.26. The zero-order valence-electron chi connectivity index (χ0n) is 7.32. The van der Waals surface area contributed by atoms with E-state index in [1.54, 1.807) is 6.92 Å². The van der Waals surface area contributed by atoms with Crippen LogP contribution < -0.4 is 5.32 Å². The second-order valence-corrected chi connectivity index (χ2v) is 3.07. The molecule has 0 aromatic heterocycles. The molecule has 0 aliphatic rings. The van der Waals surface area contributed by atoms with Crippen LogP contribution in [0.15, 0.2) is 12.1 Å². The number of hydrogen-bond donors (Lipinski definition) is 1. The lowest BCUT2D eigenvalue weighted by Crippen LogP contribution is -2.18. The van der Waals surface area contributed by atoms with E-state index < -0.39 is 5.82 Å². The van der Waals surface area contributed by atoms with Gasteiger partial charge in [0.15, 0.2) is 0 Å². The molecule has 0 unspecified atom stereocenters. The Morgan fingerprint density at radius 3 is 2.69 bits per heavy atom. The SMILES string of the molecule is CNC(=O)c1cc(F)c(C)cc1Cl. The maximum absolute atomic E-state index is 13.0. The van der Waals surface area contributed by atoms with Crippen LogP contribution in [0.4, 0.5) is 4.39 Å². The van der Waals surface area contributed by atoms with Gasteiger partial charge in [-0.3, -0.25) is 4.79 Å². The number of aryl methyl sites for hydroxylation is 1. The molecular formula is C9H9ClFNO. The normalized spacial score (nSPS) is 9.85. The van der Waals surface area contributed by atoms with Crippen LogP contribution in [-0.4, -0.2) is 13.0 Å². The minimum Gasteiger partial charge on any atom is -0.355 e. The van der Waals surface area contributed by atoms with Crippen molar-refractivity contribution in [1.29, 1.82) is 0 Å². The zero-order chi connectivity index (χ0) is 10.0. The van der Waals surface area contributed by atoms with E-state index in [-0.39, 0.29) is 16.5 Å². The summed E-state index contributed by atoms with van der Waals surface area (Å²) < 4.78 is 13.0. The standard InChI is InChI=1S/C9H9ClFNO/c1-5-3-7(10)6(4-8(5)11)9(13)12-2/h3-4H,1-2H3,(H,12,13). The van der Waals surface area contributed by atoms with Gasteiger partial charge in [0.1, 0.15) is 5.82 Å². The van der Waals surface area contributed by atoms with Gasteiger partial charge in [0.2, 0.25) is 0 Å². The minimum atomic E-state index is -0.428. The number of rotatable bonds is 1. The summed E-state index contributed by atoms with van der Waals surface area (Å²) in [5.41, 5.74) is 0.588. The zero-order valence-corrected chi connectivity index (χ0v) is 8.07. The molecule has 0 fully saturated rings. The topological polar surface area (TPSA) is 29.1 Å². The molecule has 13 heavy (non-hydrogen) atoms. The molecule has 2 nitrogen and oxygen atoms in total. The van der Waals surface area contributed by atoms with Gasteiger partial charge in [-0.15, -0.1) is 0 Å². The molecule has 1 N–H and O–H groups in total. The lowest BCUT2D eigenvalue weighted by atomic mass is 10.1. The van der Waals surface area contributed by atoms with Gasteiger partial charge in [0.05, 0.1) is 10.6 Å². The molecule has 1 aromatic rings. The van der Waals surface area contributed by atoms with Crippen LogP contribution in [0.2, 0.25) is 5.02 Å². The smallest absolute Gasteiger partial charge is 0.252 e. The summed E-state index contributed by atoms with van der Waals surface area (Å²) in [5, 5.41) is 2.64. The lowest BCUT2D eigenvalue weighted by Gasteiger charge is -2.04. The second-order valence-electron chi connectivity index (χ2n) is 2.66. The van der Waals surface area contributed by atoms with Crippen LogP contribution in [0.1, 0.15) is 15.9 Å². The van der Waals surface area contributed by atoms with Crippen molar-refractivity contribution in [3.8, 4) is 0 Å². The molecule has 1 amide bonds. The summed E-state index contributed by atoms with van der Waals surface area (Å²) in [7, 11) is 1.47. The fourth-order valence-electron chi connectivity index (χ4n) is 0.955. The Bertz CT molecular complexity index is 352. The van der Waals surface area contributed by atoms with E-state index in [9.17, 15) is 9.18 Å². The highest BCUT2D eigenvalue weighted by Gasteiger charge is 2.11. The summed E-state index contributed by atoms with van der Waals surface area (Å²) in [6, 6.07) is 2.57. The fraction of sp³-hybridized carbons (Fsp3) is 0.222. The Labute approximate surface area is 80.7 Å². The molecule has 0 aliphatic heterocycles. The molecule has 1 aromatic carbocycles. The predicted octanol–water partition coefficient (Wildman–Crippen LogP) is 2.15. The van der Waals surface area contributed by atoms with Crippen molar-refractivity contribution in [1.82, 2.24) is 5.32 Å². The van der Waals surface area contributed by atoms with E-state index >= 15 is 0 Å². The van der Waals surface area contributed by atoms with Crippen molar-refractivity contribution >= 4 is 17.5 Å². The van der Waals surface area contributed by atoms with Gasteiger partial charge < -0.3 is 5.32 Å². The predicted molar refractivity (Wildman–Crippen MR) is 49.5 cm³/mol. The molecule has 0 spiro atoms. The van der Waals surface area contributed by atoms with Crippen LogP contribution in [0.5, 0.6) is 0 Å². The summed E-state index contributed by atoms with van der Waals surface area (Å²) in [6.07, 6.45) is 0. The highest BCUT2D eigenvalue weighted by atomic mass is 35.5. The van der Waals surface area contributed by atoms with Crippen molar-refractivity contribution in [2.75, 3.05) is 7.05 Å². The summed E-state index contributed by atoms with van der Waals surface area (Å²) >= 11 is 5.75. The molecule has 0 saturated carbocycles. The molecule has 0 atom stereocenters. The molecule has 0 bridgehead atoms. The first kappa shape index (κ1) is 9.99. The van der Waals surface area contributed by atoms with E-state index in [1.807, 2.05) is 0 Å². The number of halogens is 2. The Balaban J connectivity index is 3.23. The highest BCUT2D eigenvalue weighted by molar-refractivity contribution is 6.33. The van der Waals surface area contributed by atoms with Crippen molar-refractivity contribution in [2.24, 2.45) is 0 Å². The molecule has 0 saturated heterocycles. The molecule has 0 aliphatic carbocycles. The van der Waals surface area contributed by atoms with Crippen LogP contribution >= 0.6 is 11.6 Å². The van der Waals surface area contributed by atoms with Crippen molar-refractivity contribution in [3.05, 3.63) is 34.1 Å². The first-order valence-electron chi connectivity index (χ1n) is 3.74. The van der Waals surface area contributed by atoms with Crippen LogP contribution in [0, 0.1) is 12.7 Å². The van der Waals surface area contributed by atoms with Crippen LogP contribution in [0.3, 0.4) is 0 Å². The first-order chi connectivity index (χ1) is 6.06. The Morgan fingerprint density at radius 1 is 1.54 bits per heavy atom. The number of hydrogen-bond acceptors (Lipinski definition) is 1. The largest absolute Gasteiger partial charge is 0.355 e. The van der Waals surface area contributed by atoms with E-state index in [4.69, 9.17) is 11.6 Å². The number of amides is 1. The monoisotopic (exact) mass is 201 g/mol. The first-order valence-corrected chi connectivity index (χ1v) is 4.11. The quantitative estimate of drug-likeness (QED) is 0.741. The Hall–Kier alpha value is -1.09. The molecular weight excluding hydrogens is 193 g/mol. The van der Waals surface area contributed by atoms with Crippen molar-refractivity contribution in [3.63, 3.8) is 0 Å². The van der Waals surface area contributed by atoms with Gasteiger partial charge in [-0.25, -0.2) is 4.39 Å². The number of carbonyl (C=O) groups excluding carboxylic acids is 1. The summed E-state index contributed by atoms with van der Waals surface area (Å²) in [5.74, 6) is -0.813. The lowest BCUT2D eigenvalue weighted by molar-refractivity contribution is 0.0963. The highest BCUT2D eigenvalue weighted by Crippen LogP contribution is 2.20. The van der Waals surface area contributed by atoms with Gasteiger partial charge in [0, 0.05) is 7.05 Å². The van der Waals surface area contributed by atoms with E-state index in [1.165, 1.54) is 13.1 Å². The van der Waals surface area contributed by atoms with E-state index in [0.717, 1.165) is 6.07 Å². The van der Waals surface area contributed by atoms with E-state index in [0.29, 0.717) is 5.56 Å². The average Bonchev–Trinajstić information content (AvgIpc) is 2.10. The molecule has 0 radical (unpaired) electrons. The van der Waals surface area contributed by atoms with Crippen molar-refractivity contribution in [2.45, 2.75) is 6.92 Å². The Morgan fingerprint density at radius 2 is 2.15 bits per heavy atom. The molecule has 0 heterocycles. The van der Waals surface area contributed by atoms with Gasteiger partial charge in [-0.1, -0.05) is 11.6 Å². The van der Waals surface area contributed by atoms with Gasteiger partial charge in [0.25, 0.3) is 5.91 Å². The maximum atomic E-state index is 13.0. The average molecular weight is 202 g/mol. The Kier molecular flexibility index (Phi) is 2.88. The van der Waals surface area contributed by atoms with Gasteiger partial charge in [-0.05, 0) is 24.6 Å².